The van der Waals surface area contributed by atoms with Crippen molar-refractivity contribution in [2.24, 2.45) is 0 Å². The molecule has 0 amide bonds. The zero-order valence-corrected chi connectivity index (χ0v) is 15.2. The van der Waals surface area contributed by atoms with E-state index in [2.05, 4.69) is 0 Å². The number of fused-ring (bicyclic) bond motifs is 3. The van der Waals surface area contributed by atoms with E-state index < -0.39 is 28.8 Å². The van der Waals surface area contributed by atoms with Gasteiger partial charge in [0.2, 0.25) is 11.2 Å². The number of esters is 1. The van der Waals surface area contributed by atoms with Gasteiger partial charge in [-0.3, -0.25) is 4.79 Å². The number of nitrogens with zero attached hydrogens (tertiary/aromatic N) is 1. The van der Waals surface area contributed by atoms with Crippen LogP contribution in [0.1, 0.15) is 17.3 Å². The van der Waals surface area contributed by atoms with E-state index in [9.17, 15) is 18.4 Å². The first-order chi connectivity index (χ1) is 14.0. The zero-order valence-electron chi connectivity index (χ0n) is 15.2. The van der Waals surface area contributed by atoms with Gasteiger partial charge in [0.25, 0.3) is 0 Å². The van der Waals surface area contributed by atoms with Gasteiger partial charge in [0, 0.05) is 6.20 Å². The highest BCUT2D eigenvalue weighted by Gasteiger charge is 2.29. The third-order valence-electron chi connectivity index (χ3n) is 4.93. The van der Waals surface area contributed by atoms with Gasteiger partial charge in [0.1, 0.15) is 11.1 Å². The summed E-state index contributed by atoms with van der Waals surface area (Å²) < 4.78 is 40.9. The number of carbonyl (C=O) groups excluding carboxylic acids is 1. The summed E-state index contributed by atoms with van der Waals surface area (Å²) >= 11 is 0. The molecule has 144 valence electrons. The molecule has 0 radical (unpaired) electrons. The van der Waals surface area contributed by atoms with Gasteiger partial charge < -0.3 is 14.0 Å². The molecular weight excluding hydrogens is 380 g/mol. The predicted octanol–water partition coefficient (Wildman–Crippen LogP) is 4.70. The number of pyridine rings is 1. The van der Waals surface area contributed by atoms with Crippen LogP contribution in [0.4, 0.5) is 8.78 Å². The van der Waals surface area contributed by atoms with Gasteiger partial charge in [-0.2, -0.15) is 4.39 Å². The van der Waals surface area contributed by atoms with Crippen LogP contribution in [0.5, 0.6) is 11.5 Å². The molecule has 1 aliphatic rings. The number of hydrogen-bond acceptors (Lipinski definition) is 4. The van der Waals surface area contributed by atoms with Gasteiger partial charge in [-0.15, -0.1) is 0 Å². The van der Waals surface area contributed by atoms with Gasteiger partial charge >= 0.3 is 5.97 Å². The number of ether oxygens (including phenoxy) is 2. The second-order valence-corrected chi connectivity index (χ2v) is 6.63. The quantitative estimate of drug-likeness (QED) is 0.408. The van der Waals surface area contributed by atoms with Crippen LogP contribution in [0.25, 0.3) is 27.4 Å². The predicted molar refractivity (Wildman–Crippen MR) is 103 cm³/mol. The minimum absolute atomic E-state index is 0.0599. The Balaban J connectivity index is 1.94. The van der Waals surface area contributed by atoms with E-state index in [1.54, 1.807) is 19.1 Å². The second kappa shape index (κ2) is 6.13. The Hall–Kier alpha value is -3.74. The SMILES string of the molecule is CCOC(=O)c1cn2c3c(c(F)c(F)cc3c1=O)Oc1cc3ccccc3cc1-2. The third kappa shape index (κ3) is 2.44. The molecule has 0 saturated carbocycles. The fourth-order valence-corrected chi connectivity index (χ4v) is 3.63. The maximum absolute atomic E-state index is 14.6. The number of benzene rings is 3. The molecule has 0 saturated heterocycles. The molecule has 5 rings (SSSR count). The normalized spacial score (nSPS) is 12.0. The summed E-state index contributed by atoms with van der Waals surface area (Å²) in [7, 11) is 0. The molecule has 3 aromatic carbocycles. The molecule has 0 N–H and O–H groups in total. The Morgan fingerprint density at radius 1 is 1.14 bits per heavy atom. The highest BCUT2D eigenvalue weighted by atomic mass is 19.2. The maximum Gasteiger partial charge on any atom is 0.343 e. The lowest BCUT2D eigenvalue weighted by Gasteiger charge is -2.24. The number of hydrogen-bond donors (Lipinski definition) is 0. The van der Waals surface area contributed by atoms with Gasteiger partial charge in [-0.1, -0.05) is 24.3 Å². The molecule has 0 unspecified atom stereocenters. The van der Waals surface area contributed by atoms with E-state index in [4.69, 9.17) is 9.47 Å². The van der Waals surface area contributed by atoms with Crippen molar-refractivity contribution >= 4 is 27.6 Å². The summed E-state index contributed by atoms with van der Waals surface area (Å²) in [5.41, 5.74) is -0.456. The Bertz CT molecular complexity index is 1410. The monoisotopic (exact) mass is 393 g/mol. The molecule has 0 aliphatic carbocycles. The number of rotatable bonds is 2. The molecule has 1 aromatic heterocycles. The van der Waals surface area contributed by atoms with Crippen LogP contribution in [-0.2, 0) is 4.74 Å². The zero-order chi connectivity index (χ0) is 20.3. The fraction of sp³-hybridized carbons (Fsp3) is 0.0909. The second-order valence-electron chi connectivity index (χ2n) is 6.63. The lowest BCUT2D eigenvalue weighted by molar-refractivity contribution is 0.0524. The van der Waals surface area contributed by atoms with Crippen molar-refractivity contribution < 1.29 is 23.0 Å². The highest BCUT2D eigenvalue weighted by Crippen LogP contribution is 2.43. The van der Waals surface area contributed by atoms with Crippen LogP contribution in [0.3, 0.4) is 0 Å². The Morgan fingerprint density at radius 2 is 1.86 bits per heavy atom. The summed E-state index contributed by atoms with van der Waals surface area (Å²) in [4.78, 5) is 25.1. The summed E-state index contributed by atoms with van der Waals surface area (Å²) in [5, 5.41) is 1.56. The molecular formula is C22H13F2NO4. The summed E-state index contributed by atoms with van der Waals surface area (Å²) in [6.45, 7) is 1.69. The molecule has 1 aliphatic heterocycles. The summed E-state index contributed by atoms with van der Waals surface area (Å²) in [6.07, 6.45) is 1.29. The van der Waals surface area contributed by atoms with E-state index in [0.29, 0.717) is 5.69 Å². The van der Waals surface area contributed by atoms with Crippen molar-refractivity contribution in [3.63, 3.8) is 0 Å². The molecule has 0 spiro atoms. The molecule has 2 heterocycles. The van der Waals surface area contributed by atoms with Crippen LogP contribution < -0.4 is 10.2 Å². The van der Waals surface area contributed by atoms with Crippen molar-refractivity contribution in [1.82, 2.24) is 4.57 Å². The molecule has 29 heavy (non-hydrogen) atoms. The number of halogens is 2. The first-order valence-corrected chi connectivity index (χ1v) is 8.95. The van der Waals surface area contributed by atoms with E-state index >= 15 is 0 Å². The van der Waals surface area contributed by atoms with Crippen molar-refractivity contribution in [3.05, 3.63) is 76.1 Å². The molecule has 7 heteroatoms. The van der Waals surface area contributed by atoms with Crippen LogP contribution in [0.15, 0.2) is 53.5 Å². The highest BCUT2D eigenvalue weighted by molar-refractivity contribution is 5.98. The van der Waals surface area contributed by atoms with E-state index in [0.717, 1.165) is 16.8 Å². The number of aromatic nitrogens is 1. The molecule has 4 aromatic rings. The van der Waals surface area contributed by atoms with Crippen LogP contribution >= 0.6 is 0 Å². The maximum atomic E-state index is 14.6. The van der Waals surface area contributed by atoms with Crippen LogP contribution in [0, 0.1) is 11.6 Å². The van der Waals surface area contributed by atoms with Gasteiger partial charge in [0.05, 0.1) is 17.7 Å². The standard InChI is InChI=1S/C22H13F2NO4/c1-2-28-22(27)14-10-25-16-7-11-5-3-4-6-12(11)8-17(16)29-21-18(24)15(23)9-13(19(21)25)20(14)26/h3-10H,2H2,1H3. The molecule has 0 fully saturated rings. The average molecular weight is 393 g/mol. The van der Waals surface area contributed by atoms with Gasteiger partial charge in [0.15, 0.2) is 17.3 Å². The van der Waals surface area contributed by atoms with Crippen molar-refractivity contribution in [1.29, 1.82) is 0 Å². The van der Waals surface area contributed by atoms with E-state index in [-0.39, 0.29) is 28.8 Å². The smallest absolute Gasteiger partial charge is 0.343 e. The Morgan fingerprint density at radius 3 is 2.59 bits per heavy atom. The molecule has 0 bridgehead atoms. The molecule has 5 nitrogen and oxygen atoms in total. The summed E-state index contributed by atoms with van der Waals surface area (Å²) in [5.74, 6) is -3.38. The first kappa shape index (κ1) is 17.4. The number of carbonyl (C=O) groups is 1. The third-order valence-corrected chi connectivity index (χ3v) is 4.93. The first-order valence-electron chi connectivity index (χ1n) is 8.95. The summed E-state index contributed by atoms with van der Waals surface area (Å²) in [6, 6.07) is 11.8. The van der Waals surface area contributed by atoms with Crippen LogP contribution in [-0.4, -0.2) is 17.1 Å². The Labute approximate surface area is 162 Å². The van der Waals surface area contributed by atoms with Gasteiger partial charge in [-0.05, 0) is 35.9 Å². The average Bonchev–Trinajstić information content (AvgIpc) is 2.72. The lowest BCUT2D eigenvalue weighted by Crippen LogP contribution is -2.22. The van der Waals surface area contributed by atoms with Crippen molar-refractivity contribution in [2.75, 3.05) is 6.61 Å². The molecule has 0 atom stereocenters. The Kier molecular flexibility index (Phi) is 3.67. The van der Waals surface area contributed by atoms with Crippen molar-refractivity contribution in [2.45, 2.75) is 6.92 Å². The lowest BCUT2D eigenvalue weighted by atomic mass is 10.0. The van der Waals surface area contributed by atoms with Crippen LogP contribution in [0.2, 0.25) is 0 Å². The largest absolute Gasteiger partial charge is 0.462 e. The van der Waals surface area contributed by atoms with E-state index in [1.807, 2.05) is 24.3 Å². The van der Waals surface area contributed by atoms with Gasteiger partial charge in [-0.25, -0.2) is 9.18 Å². The fourth-order valence-electron chi connectivity index (χ4n) is 3.63. The van der Waals surface area contributed by atoms with Crippen molar-refractivity contribution in [3.8, 4) is 17.2 Å². The topological polar surface area (TPSA) is 57.5 Å². The minimum Gasteiger partial charge on any atom is -0.462 e. The van der Waals surface area contributed by atoms with E-state index in [1.165, 1.54) is 10.8 Å². The minimum atomic E-state index is -1.23.